The van der Waals surface area contributed by atoms with Crippen LogP contribution in [0.2, 0.25) is 0 Å². The van der Waals surface area contributed by atoms with Gasteiger partial charge < -0.3 is 9.30 Å². The van der Waals surface area contributed by atoms with E-state index < -0.39 is 0 Å². The van der Waals surface area contributed by atoms with E-state index in [1.165, 1.54) is 25.7 Å². The predicted molar refractivity (Wildman–Crippen MR) is 114 cm³/mol. The van der Waals surface area contributed by atoms with Gasteiger partial charge in [-0.3, -0.25) is 14.1 Å². The molecular formula is C23H30N4O2. The summed E-state index contributed by atoms with van der Waals surface area (Å²) in [5.41, 5.74) is 1.59. The van der Waals surface area contributed by atoms with Gasteiger partial charge in [-0.05, 0) is 43.5 Å². The van der Waals surface area contributed by atoms with Crippen molar-refractivity contribution in [3.8, 4) is 5.75 Å². The van der Waals surface area contributed by atoms with Crippen molar-refractivity contribution in [3.63, 3.8) is 0 Å². The van der Waals surface area contributed by atoms with E-state index in [4.69, 9.17) is 9.72 Å². The fourth-order valence-electron chi connectivity index (χ4n) is 4.35. The van der Waals surface area contributed by atoms with Crippen molar-refractivity contribution in [1.29, 1.82) is 0 Å². The summed E-state index contributed by atoms with van der Waals surface area (Å²) >= 11 is 0. The highest BCUT2D eigenvalue weighted by Gasteiger charge is 2.22. The molecule has 0 saturated heterocycles. The molecule has 154 valence electrons. The molecule has 0 bridgehead atoms. The number of hydrogen-bond donors (Lipinski definition) is 0. The highest BCUT2D eigenvalue weighted by molar-refractivity contribution is 5.93. The molecule has 1 amide bonds. The van der Waals surface area contributed by atoms with Gasteiger partial charge in [0, 0.05) is 32.1 Å². The molecule has 0 N–H and O–H groups in total. The summed E-state index contributed by atoms with van der Waals surface area (Å²) in [5, 5.41) is 0. The summed E-state index contributed by atoms with van der Waals surface area (Å²) in [4.78, 5) is 19.3. The van der Waals surface area contributed by atoms with Crippen LogP contribution < -0.4 is 9.64 Å². The van der Waals surface area contributed by atoms with Crippen LogP contribution in [0.5, 0.6) is 5.75 Å². The smallest absolute Gasteiger partial charge is 0.227 e. The monoisotopic (exact) mass is 394 g/mol. The van der Waals surface area contributed by atoms with Gasteiger partial charge in [-0.15, -0.1) is 0 Å². The maximum Gasteiger partial charge on any atom is 0.227 e. The van der Waals surface area contributed by atoms with E-state index in [9.17, 15) is 4.79 Å². The van der Waals surface area contributed by atoms with Crippen LogP contribution in [-0.2, 0) is 11.3 Å². The van der Waals surface area contributed by atoms with Gasteiger partial charge in [0.15, 0.2) is 11.4 Å². The molecule has 1 aliphatic carbocycles. The number of fused-ring (bicyclic) bond motifs is 1. The second-order valence-corrected chi connectivity index (χ2v) is 8.00. The van der Waals surface area contributed by atoms with E-state index in [2.05, 4.69) is 4.57 Å². The Morgan fingerprint density at radius 2 is 1.97 bits per heavy atom. The van der Waals surface area contributed by atoms with Crippen LogP contribution in [0.4, 0.5) is 5.82 Å². The average molecular weight is 395 g/mol. The summed E-state index contributed by atoms with van der Waals surface area (Å²) in [5.74, 6) is 2.43. The van der Waals surface area contributed by atoms with Gasteiger partial charge in [0.25, 0.3) is 0 Å². The Kier molecular flexibility index (Phi) is 5.88. The van der Waals surface area contributed by atoms with Crippen molar-refractivity contribution in [2.24, 2.45) is 5.92 Å². The third kappa shape index (κ3) is 4.31. The molecule has 4 rings (SSSR count). The van der Waals surface area contributed by atoms with E-state index in [1.807, 2.05) is 61.2 Å². The normalized spacial score (nSPS) is 14.6. The van der Waals surface area contributed by atoms with Crippen molar-refractivity contribution in [2.45, 2.75) is 52.0 Å². The van der Waals surface area contributed by atoms with Gasteiger partial charge in [0.05, 0.1) is 12.2 Å². The maximum atomic E-state index is 12.8. The molecule has 3 heterocycles. The number of imidazole rings is 1. The molecule has 0 aromatic carbocycles. The molecule has 0 unspecified atom stereocenters. The molecule has 0 atom stereocenters. The predicted octanol–water partition coefficient (Wildman–Crippen LogP) is 4.46. The number of ether oxygens (including phenoxy) is 1. The van der Waals surface area contributed by atoms with Crippen molar-refractivity contribution in [1.82, 2.24) is 14.0 Å². The first kappa shape index (κ1) is 19.6. The zero-order valence-electron chi connectivity index (χ0n) is 17.4. The standard InChI is InChI=1S/C23H30N4O2/c1-18-23(25(2)21(28)12-11-19-8-3-4-9-19)27-15-7-10-20(22(27)24-18)29-17-16-26-13-5-6-14-26/h5-7,10,13-15,19H,3-4,8-9,11-12,16-17H2,1-2H3. The lowest BCUT2D eigenvalue weighted by molar-refractivity contribution is -0.118. The topological polar surface area (TPSA) is 51.8 Å². The maximum absolute atomic E-state index is 12.8. The molecule has 0 radical (unpaired) electrons. The Bertz CT molecular complexity index is 955. The third-order valence-corrected chi connectivity index (χ3v) is 5.96. The first-order chi connectivity index (χ1) is 14.1. The molecule has 0 spiro atoms. The SMILES string of the molecule is Cc1nc2c(OCCn3cccc3)cccn2c1N(C)C(=O)CCC1CCCC1. The van der Waals surface area contributed by atoms with Crippen molar-refractivity contribution >= 4 is 17.4 Å². The number of rotatable bonds is 8. The molecule has 1 aliphatic rings. The van der Waals surface area contributed by atoms with Gasteiger partial charge in [0.1, 0.15) is 12.4 Å². The van der Waals surface area contributed by atoms with Crippen LogP contribution in [0, 0.1) is 12.8 Å². The van der Waals surface area contributed by atoms with E-state index in [0.717, 1.165) is 41.8 Å². The summed E-state index contributed by atoms with van der Waals surface area (Å²) in [7, 11) is 1.85. The minimum atomic E-state index is 0.153. The zero-order valence-corrected chi connectivity index (χ0v) is 17.4. The van der Waals surface area contributed by atoms with Crippen molar-refractivity contribution in [2.75, 3.05) is 18.6 Å². The Morgan fingerprint density at radius 3 is 2.72 bits per heavy atom. The van der Waals surface area contributed by atoms with Gasteiger partial charge in [0.2, 0.25) is 5.91 Å². The first-order valence-electron chi connectivity index (χ1n) is 10.6. The van der Waals surface area contributed by atoms with Crippen LogP contribution in [0.1, 0.15) is 44.2 Å². The molecule has 1 saturated carbocycles. The molecule has 3 aromatic heterocycles. The lowest BCUT2D eigenvalue weighted by Gasteiger charge is -2.19. The Balaban J connectivity index is 1.47. The summed E-state index contributed by atoms with van der Waals surface area (Å²) in [6, 6.07) is 7.89. The van der Waals surface area contributed by atoms with Crippen molar-refractivity contribution in [3.05, 3.63) is 48.5 Å². The number of aryl methyl sites for hydroxylation is 1. The van der Waals surface area contributed by atoms with Gasteiger partial charge in [-0.2, -0.15) is 0 Å². The largest absolute Gasteiger partial charge is 0.488 e. The highest BCUT2D eigenvalue weighted by Crippen LogP contribution is 2.30. The number of anilines is 1. The minimum Gasteiger partial charge on any atom is -0.488 e. The summed E-state index contributed by atoms with van der Waals surface area (Å²) in [6.07, 6.45) is 12.8. The third-order valence-electron chi connectivity index (χ3n) is 5.96. The first-order valence-corrected chi connectivity index (χ1v) is 10.6. The summed E-state index contributed by atoms with van der Waals surface area (Å²) in [6.45, 7) is 3.29. The van der Waals surface area contributed by atoms with Crippen LogP contribution >= 0.6 is 0 Å². The number of pyridine rings is 1. The zero-order chi connectivity index (χ0) is 20.2. The number of nitrogens with zero attached hydrogens (tertiary/aromatic N) is 4. The second kappa shape index (κ2) is 8.72. The lowest BCUT2D eigenvalue weighted by Crippen LogP contribution is -2.28. The Morgan fingerprint density at radius 1 is 1.21 bits per heavy atom. The quantitative estimate of drug-likeness (QED) is 0.567. The van der Waals surface area contributed by atoms with Gasteiger partial charge in [-0.25, -0.2) is 4.98 Å². The molecule has 0 aliphatic heterocycles. The van der Waals surface area contributed by atoms with E-state index in [0.29, 0.717) is 13.0 Å². The van der Waals surface area contributed by atoms with Crippen LogP contribution in [0.3, 0.4) is 0 Å². The Hall–Kier alpha value is -2.76. The summed E-state index contributed by atoms with van der Waals surface area (Å²) < 4.78 is 10.1. The molecule has 29 heavy (non-hydrogen) atoms. The number of aromatic nitrogens is 3. The molecule has 6 heteroatoms. The minimum absolute atomic E-state index is 0.153. The molecular weight excluding hydrogens is 364 g/mol. The Labute approximate surface area is 172 Å². The van der Waals surface area contributed by atoms with Crippen LogP contribution in [0.15, 0.2) is 42.9 Å². The van der Waals surface area contributed by atoms with Crippen LogP contribution in [-0.4, -0.2) is 33.5 Å². The fourth-order valence-corrected chi connectivity index (χ4v) is 4.35. The van der Waals surface area contributed by atoms with Gasteiger partial charge in [-0.1, -0.05) is 25.7 Å². The van der Waals surface area contributed by atoms with Crippen LogP contribution in [0.25, 0.3) is 5.65 Å². The van der Waals surface area contributed by atoms with E-state index in [1.54, 1.807) is 4.90 Å². The van der Waals surface area contributed by atoms with Crippen molar-refractivity contribution < 1.29 is 9.53 Å². The van der Waals surface area contributed by atoms with Gasteiger partial charge >= 0.3 is 0 Å². The molecule has 3 aromatic rings. The number of amides is 1. The molecule has 6 nitrogen and oxygen atoms in total. The number of hydrogen-bond acceptors (Lipinski definition) is 3. The second-order valence-electron chi connectivity index (χ2n) is 8.00. The molecule has 1 fully saturated rings. The average Bonchev–Trinajstić information content (AvgIpc) is 3.47. The number of carbonyl (C=O) groups excluding carboxylic acids is 1. The van der Waals surface area contributed by atoms with E-state index >= 15 is 0 Å². The highest BCUT2D eigenvalue weighted by atomic mass is 16.5. The fraction of sp³-hybridized carbons (Fsp3) is 0.478. The van der Waals surface area contributed by atoms with E-state index in [-0.39, 0.29) is 5.91 Å². The lowest BCUT2D eigenvalue weighted by atomic mass is 10.0. The number of carbonyl (C=O) groups is 1.